The zero-order valence-electron chi connectivity index (χ0n) is 11.4. The second-order valence-corrected chi connectivity index (χ2v) is 5.40. The lowest BCUT2D eigenvalue weighted by Crippen LogP contribution is -2.21. The molecule has 1 heterocycles. The molecule has 0 radical (unpaired) electrons. The predicted octanol–water partition coefficient (Wildman–Crippen LogP) is 3.62. The van der Waals surface area contributed by atoms with E-state index < -0.39 is 0 Å². The highest BCUT2D eigenvalue weighted by Crippen LogP contribution is 2.16. The molecule has 0 saturated heterocycles. The van der Waals surface area contributed by atoms with Gasteiger partial charge in [-0.25, -0.2) is 4.39 Å². The molecule has 0 spiro atoms. The molecule has 2 rings (SSSR count). The number of hydrogen-bond donors (Lipinski definition) is 1. The van der Waals surface area contributed by atoms with Crippen molar-refractivity contribution in [1.29, 1.82) is 0 Å². The van der Waals surface area contributed by atoms with Crippen molar-refractivity contribution < 1.29 is 9.18 Å². The first-order chi connectivity index (χ1) is 10.1. The molecule has 0 unspecified atom stereocenters. The lowest BCUT2D eigenvalue weighted by atomic mass is 10.2. The van der Waals surface area contributed by atoms with Crippen molar-refractivity contribution in [2.45, 2.75) is 13.5 Å². The second kappa shape index (κ2) is 7.13. The van der Waals surface area contributed by atoms with E-state index in [0.29, 0.717) is 12.1 Å². The number of pyridine rings is 1. The van der Waals surface area contributed by atoms with Crippen molar-refractivity contribution in [2.24, 2.45) is 0 Å². The molecule has 1 aromatic heterocycles. The highest BCUT2D eigenvalue weighted by molar-refractivity contribution is 9.10. The summed E-state index contributed by atoms with van der Waals surface area (Å²) in [5, 5.41) is 2.72. The molecule has 1 aromatic carbocycles. The van der Waals surface area contributed by atoms with Crippen LogP contribution in [-0.2, 0) is 11.3 Å². The SMILES string of the molecule is Cc1cccnc1CNC(=O)C=Cc1cc(Br)ccc1F. The first kappa shape index (κ1) is 15.4. The van der Waals surface area contributed by atoms with Crippen LogP contribution in [0.4, 0.5) is 4.39 Å². The molecule has 0 saturated carbocycles. The zero-order valence-corrected chi connectivity index (χ0v) is 13.0. The first-order valence-corrected chi connectivity index (χ1v) is 7.17. The molecule has 3 nitrogen and oxygen atoms in total. The molecule has 0 fully saturated rings. The Bertz CT molecular complexity index is 686. The predicted molar refractivity (Wildman–Crippen MR) is 84.0 cm³/mol. The summed E-state index contributed by atoms with van der Waals surface area (Å²) in [6, 6.07) is 8.34. The van der Waals surface area contributed by atoms with Crippen LogP contribution in [0.3, 0.4) is 0 Å². The maximum Gasteiger partial charge on any atom is 0.244 e. The summed E-state index contributed by atoms with van der Waals surface area (Å²) in [5.41, 5.74) is 2.18. The number of benzene rings is 1. The number of aryl methyl sites for hydroxylation is 1. The van der Waals surface area contributed by atoms with E-state index in [-0.39, 0.29) is 11.7 Å². The second-order valence-electron chi connectivity index (χ2n) is 4.48. The third-order valence-electron chi connectivity index (χ3n) is 2.92. The Morgan fingerprint density at radius 1 is 1.43 bits per heavy atom. The van der Waals surface area contributed by atoms with Gasteiger partial charge in [-0.1, -0.05) is 22.0 Å². The van der Waals surface area contributed by atoms with Gasteiger partial charge in [-0.3, -0.25) is 9.78 Å². The van der Waals surface area contributed by atoms with Gasteiger partial charge in [0.05, 0.1) is 12.2 Å². The van der Waals surface area contributed by atoms with Gasteiger partial charge in [-0.2, -0.15) is 0 Å². The molecule has 0 bridgehead atoms. The van der Waals surface area contributed by atoms with Crippen LogP contribution in [0.2, 0.25) is 0 Å². The maximum absolute atomic E-state index is 13.5. The van der Waals surface area contributed by atoms with Crippen molar-refractivity contribution in [2.75, 3.05) is 0 Å². The van der Waals surface area contributed by atoms with Gasteiger partial charge in [0.2, 0.25) is 5.91 Å². The van der Waals surface area contributed by atoms with E-state index in [9.17, 15) is 9.18 Å². The topological polar surface area (TPSA) is 42.0 Å². The average molecular weight is 349 g/mol. The fraction of sp³-hybridized carbons (Fsp3) is 0.125. The van der Waals surface area contributed by atoms with Gasteiger partial charge < -0.3 is 5.32 Å². The minimum absolute atomic E-state index is 0.292. The lowest BCUT2D eigenvalue weighted by molar-refractivity contribution is -0.116. The number of rotatable bonds is 4. The zero-order chi connectivity index (χ0) is 15.2. The summed E-state index contributed by atoms with van der Waals surface area (Å²) in [6.07, 6.45) is 4.44. The Morgan fingerprint density at radius 3 is 3.00 bits per heavy atom. The highest BCUT2D eigenvalue weighted by Gasteiger charge is 2.02. The van der Waals surface area contributed by atoms with Crippen LogP contribution in [0.5, 0.6) is 0 Å². The lowest BCUT2D eigenvalue weighted by Gasteiger charge is -2.04. The number of amides is 1. The molecule has 1 N–H and O–H groups in total. The third-order valence-corrected chi connectivity index (χ3v) is 3.41. The number of carbonyl (C=O) groups excluding carboxylic acids is 1. The van der Waals surface area contributed by atoms with Gasteiger partial charge in [0.25, 0.3) is 0 Å². The minimum Gasteiger partial charge on any atom is -0.347 e. The molecule has 1 amide bonds. The summed E-state index contributed by atoms with van der Waals surface area (Å²) < 4.78 is 14.3. The van der Waals surface area contributed by atoms with Crippen LogP contribution >= 0.6 is 15.9 Å². The van der Waals surface area contributed by atoms with Crippen LogP contribution < -0.4 is 5.32 Å². The van der Waals surface area contributed by atoms with Crippen LogP contribution in [0.1, 0.15) is 16.8 Å². The number of halogens is 2. The van der Waals surface area contributed by atoms with Crippen molar-refractivity contribution in [3.8, 4) is 0 Å². The molecule has 21 heavy (non-hydrogen) atoms. The van der Waals surface area contributed by atoms with Crippen molar-refractivity contribution in [3.63, 3.8) is 0 Å². The van der Waals surface area contributed by atoms with Gasteiger partial charge in [-0.15, -0.1) is 0 Å². The monoisotopic (exact) mass is 348 g/mol. The summed E-state index contributed by atoms with van der Waals surface area (Å²) in [6.45, 7) is 2.28. The Balaban J connectivity index is 1.97. The van der Waals surface area contributed by atoms with Crippen molar-refractivity contribution in [1.82, 2.24) is 10.3 Å². The van der Waals surface area contributed by atoms with Crippen LogP contribution in [0, 0.1) is 12.7 Å². The largest absolute Gasteiger partial charge is 0.347 e. The van der Waals surface area contributed by atoms with E-state index in [1.54, 1.807) is 18.3 Å². The molecule has 2 aromatic rings. The number of nitrogens with zero attached hydrogens (tertiary/aromatic N) is 1. The van der Waals surface area contributed by atoms with E-state index in [2.05, 4.69) is 26.2 Å². The van der Waals surface area contributed by atoms with E-state index in [0.717, 1.165) is 15.7 Å². The van der Waals surface area contributed by atoms with Gasteiger partial charge in [0.15, 0.2) is 0 Å². The summed E-state index contributed by atoms with van der Waals surface area (Å²) in [5.74, 6) is -0.665. The quantitative estimate of drug-likeness (QED) is 0.857. The van der Waals surface area contributed by atoms with E-state index in [4.69, 9.17) is 0 Å². The summed E-state index contributed by atoms with van der Waals surface area (Å²) in [4.78, 5) is 15.9. The number of carbonyl (C=O) groups is 1. The highest BCUT2D eigenvalue weighted by atomic mass is 79.9. The van der Waals surface area contributed by atoms with Crippen LogP contribution in [0.25, 0.3) is 6.08 Å². The van der Waals surface area contributed by atoms with Crippen LogP contribution in [0.15, 0.2) is 47.1 Å². The van der Waals surface area contributed by atoms with Gasteiger partial charge in [-0.05, 0) is 42.8 Å². The maximum atomic E-state index is 13.5. The molecule has 108 valence electrons. The Kier molecular flexibility index (Phi) is 5.22. The summed E-state index contributed by atoms with van der Waals surface area (Å²) in [7, 11) is 0. The fourth-order valence-electron chi connectivity index (χ4n) is 1.74. The Morgan fingerprint density at radius 2 is 2.24 bits per heavy atom. The fourth-order valence-corrected chi connectivity index (χ4v) is 2.12. The standard InChI is InChI=1S/C16H14BrFN2O/c1-11-3-2-8-19-15(11)10-20-16(21)7-4-12-9-13(17)5-6-14(12)18/h2-9H,10H2,1H3,(H,20,21). The third kappa shape index (κ3) is 4.49. The van der Waals surface area contributed by atoms with Crippen molar-refractivity contribution >= 4 is 27.9 Å². The minimum atomic E-state index is -0.372. The number of hydrogen-bond acceptors (Lipinski definition) is 2. The Hall–Kier alpha value is -2.01. The molecule has 5 heteroatoms. The van der Waals surface area contributed by atoms with Crippen LogP contribution in [-0.4, -0.2) is 10.9 Å². The smallest absolute Gasteiger partial charge is 0.244 e. The number of nitrogens with one attached hydrogen (secondary N) is 1. The molecule has 0 aliphatic heterocycles. The van der Waals surface area contributed by atoms with Crippen molar-refractivity contribution in [3.05, 3.63) is 69.7 Å². The first-order valence-electron chi connectivity index (χ1n) is 6.38. The van der Waals surface area contributed by atoms with Gasteiger partial charge >= 0.3 is 0 Å². The van der Waals surface area contributed by atoms with Gasteiger partial charge in [0.1, 0.15) is 5.82 Å². The van der Waals surface area contributed by atoms with E-state index in [1.165, 1.54) is 18.2 Å². The molecular formula is C16H14BrFN2O. The normalized spacial score (nSPS) is 10.8. The summed E-state index contributed by atoms with van der Waals surface area (Å²) >= 11 is 3.26. The number of aromatic nitrogens is 1. The molecular weight excluding hydrogens is 335 g/mol. The molecule has 0 aliphatic carbocycles. The Labute approximate surface area is 131 Å². The van der Waals surface area contributed by atoms with E-state index in [1.807, 2.05) is 19.1 Å². The molecule has 0 aliphatic rings. The molecule has 0 atom stereocenters. The average Bonchev–Trinajstić information content (AvgIpc) is 2.47. The van der Waals surface area contributed by atoms with E-state index >= 15 is 0 Å². The van der Waals surface area contributed by atoms with Gasteiger partial charge in [0, 0.05) is 22.3 Å².